The van der Waals surface area contributed by atoms with Gasteiger partial charge in [0.1, 0.15) is 11.6 Å². The van der Waals surface area contributed by atoms with Crippen molar-refractivity contribution in [3.8, 4) is 5.95 Å². The van der Waals surface area contributed by atoms with Gasteiger partial charge in [0.25, 0.3) is 0 Å². The fourth-order valence-corrected chi connectivity index (χ4v) is 5.39. The zero-order valence-electron chi connectivity index (χ0n) is 22.2. The second-order valence-corrected chi connectivity index (χ2v) is 10.8. The van der Waals surface area contributed by atoms with Gasteiger partial charge in [-0.1, -0.05) is 19.1 Å². The van der Waals surface area contributed by atoms with E-state index in [0.29, 0.717) is 25.1 Å². The normalized spacial score (nSPS) is 17.7. The van der Waals surface area contributed by atoms with Crippen molar-refractivity contribution in [1.29, 1.82) is 0 Å². The molecule has 37 heavy (non-hydrogen) atoms. The molecule has 5 heterocycles. The smallest absolute Gasteiger partial charge is 0.239 e. The van der Waals surface area contributed by atoms with Crippen molar-refractivity contribution in [3.63, 3.8) is 0 Å². The number of ether oxygens (including phenoxy) is 1. The third-order valence-corrected chi connectivity index (χ3v) is 7.85. The number of fused-ring (bicyclic) bond motifs is 2. The molecule has 0 radical (unpaired) electrons. The monoisotopic (exact) mass is 504 g/mol. The lowest BCUT2D eigenvalue weighted by atomic mass is 9.84. The summed E-state index contributed by atoms with van der Waals surface area (Å²) in [7, 11) is 2.05. The maximum atomic E-state index is 10.3. The Kier molecular flexibility index (Phi) is 6.13. The molecule has 2 aliphatic heterocycles. The molecule has 4 aromatic rings. The Labute approximate surface area is 216 Å². The van der Waals surface area contributed by atoms with Crippen LogP contribution in [0.25, 0.3) is 28.1 Å². The molecular formula is C27H36N8O2. The van der Waals surface area contributed by atoms with Gasteiger partial charge in [-0.25, -0.2) is 9.97 Å². The molecule has 2 saturated heterocycles. The van der Waals surface area contributed by atoms with Gasteiger partial charge in [-0.15, -0.1) is 0 Å². The van der Waals surface area contributed by atoms with Gasteiger partial charge >= 0.3 is 0 Å². The molecule has 6 rings (SSSR count). The van der Waals surface area contributed by atoms with Crippen molar-refractivity contribution in [2.75, 3.05) is 50.8 Å². The molecule has 0 unspecified atom stereocenters. The van der Waals surface area contributed by atoms with E-state index in [1.54, 1.807) is 0 Å². The van der Waals surface area contributed by atoms with Gasteiger partial charge < -0.3 is 24.2 Å². The van der Waals surface area contributed by atoms with Crippen molar-refractivity contribution in [2.45, 2.75) is 39.2 Å². The number of nitrogens with zero attached hydrogens (tertiary/aromatic N) is 8. The first-order valence-corrected chi connectivity index (χ1v) is 13.3. The van der Waals surface area contributed by atoms with E-state index >= 15 is 0 Å². The number of aliphatic hydroxyl groups is 1. The molecule has 1 N–H and O–H groups in total. The summed E-state index contributed by atoms with van der Waals surface area (Å²) in [4.78, 5) is 24.7. The molecule has 0 atom stereocenters. The number of rotatable bonds is 7. The zero-order valence-corrected chi connectivity index (χ0v) is 22.2. The predicted molar refractivity (Wildman–Crippen MR) is 143 cm³/mol. The van der Waals surface area contributed by atoms with Gasteiger partial charge in [-0.05, 0) is 26.0 Å². The number of likely N-dealkylation sites (tertiary alicyclic amines) is 1. The number of para-hydroxylation sites is 2. The molecule has 0 aliphatic carbocycles. The van der Waals surface area contributed by atoms with Crippen LogP contribution in [0.3, 0.4) is 0 Å². The largest absolute Gasteiger partial charge is 0.390 e. The van der Waals surface area contributed by atoms with Crippen LogP contribution in [0.4, 0.5) is 5.82 Å². The molecule has 0 bridgehead atoms. The highest BCUT2D eigenvalue weighted by Gasteiger charge is 2.37. The van der Waals surface area contributed by atoms with Crippen LogP contribution in [-0.4, -0.2) is 90.6 Å². The number of aryl methyl sites for hydroxylation is 2. The van der Waals surface area contributed by atoms with Crippen molar-refractivity contribution in [3.05, 3.63) is 35.9 Å². The SMILES string of the molecule is CCc1nc2ccccc2n1-c1nc(N2CCOCC2)c2nc(CCN3CC(C(C)(C)O)C3)n(C)c2n1. The first kappa shape index (κ1) is 24.3. The zero-order chi connectivity index (χ0) is 25.7. The van der Waals surface area contributed by atoms with E-state index in [9.17, 15) is 5.11 Å². The van der Waals surface area contributed by atoms with E-state index in [0.717, 1.165) is 85.2 Å². The number of benzene rings is 1. The van der Waals surface area contributed by atoms with E-state index in [1.165, 1.54) is 0 Å². The Balaban J connectivity index is 1.40. The average molecular weight is 505 g/mol. The molecule has 10 nitrogen and oxygen atoms in total. The van der Waals surface area contributed by atoms with Crippen molar-refractivity contribution < 1.29 is 9.84 Å². The summed E-state index contributed by atoms with van der Waals surface area (Å²) in [5, 5.41) is 10.3. The third kappa shape index (κ3) is 4.36. The molecule has 0 amide bonds. The van der Waals surface area contributed by atoms with E-state index < -0.39 is 5.60 Å². The summed E-state index contributed by atoms with van der Waals surface area (Å²) < 4.78 is 9.82. The van der Waals surface area contributed by atoms with Crippen LogP contribution in [-0.2, 0) is 24.6 Å². The number of hydrogen-bond acceptors (Lipinski definition) is 8. The second kappa shape index (κ2) is 9.34. The predicted octanol–water partition coefficient (Wildman–Crippen LogP) is 2.35. The molecule has 10 heteroatoms. The maximum Gasteiger partial charge on any atom is 0.239 e. The van der Waals surface area contributed by atoms with Gasteiger partial charge in [0.05, 0.1) is 29.8 Å². The second-order valence-electron chi connectivity index (χ2n) is 10.8. The van der Waals surface area contributed by atoms with Gasteiger partial charge in [0, 0.05) is 58.5 Å². The standard InChI is InChI=1S/C27H36N8O2/c1-5-21-28-19-8-6-7-9-20(19)35(21)26-30-24-23(25(31-26)34-12-14-37-15-13-34)29-22(32(24)4)10-11-33-16-18(17-33)27(2,3)36/h6-9,18,36H,5,10-17H2,1-4H3. The quantitative estimate of drug-likeness (QED) is 0.410. The molecule has 3 aromatic heterocycles. The van der Waals surface area contributed by atoms with Crippen molar-refractivity contribution >= 4 is 28.0 Å². The minimum atomic E-state index is -0.623. The van der Waals surface area contributed by atoms with Gasteiger partial charge in [-0.3, -0.25) is 4.57 Å². The highest BCUT2D eigenvalue weighted by molar-refractivity contribution is 5.86. The maximum absolute atomic E-state index is 10.3. The Bertz CT molecular complexity index is 1420. The van der Waals surface area contributed by atoms with Gasteiger partial charge in [0.2, 0.25) is 5.95 Å². The fraction of sp³-hybridized carbons (Fsp3) is 0.556. The summed E-state index contributed by atoms with van der Waals surface area (Å²) in [6.07, 6.45) is 1.60. The van der Waals surface area contributed by atoms with Crippen LogP contribution in [0, 0.1) is 5.92 Å². The molecule has 196 valence electrons. The van der Waals surface area contributed by atoms with Crippen molar-refractivity contribution in [1.82, 2.24) is 34.0 Å². The highest BCUT2D eigenvalue weighted by atomic mass is 16.5. The molecule has 2 aliphatic rings. The summed E-state index contributed by atoms with van der Waals surface area (Å²) >= 11 is 0. The van der Waals surface area contributed by atoms with Crippen LogP contribution in [0.1, 0.15) is 32.4 Å². The molecule has 1 aromatic carbocycles. The molecular weight excluding hydrogens is 468 g/mol. The first-order valence-electron chi connectivity index (χ1n) is 13.3. The average Bonchev–Trinajstić information content (AvgIpc) is 3.39. The molecule has 0 spiro atoms. The lowest BCUT2D eigenvalue weighted by Crippen LogP contribution is -2.56. The Morgan fingerprint density at radius 3 is 2.51 bits per heavy atom. The van der Waals surface area contributed by atoms with Crippen LogP contribution in [0.2, 0.25) is 0 Å². The highest BCUT2D eigenvalue weighted by Crippen LogP contribution is 2.30. The van der Waals surface area contributed by atoms with Gasteiger partial charge in [0.15, 0.2) is 17.0 Å². The number of hydrogen-bond donors (Lipinski definition) is 1. The number of anilines is 1. The lowest BCUT2D eigenvalue weighted by Gasteiger charge is -2.45. The van der Waals surface area contributed by atoms with E-state index in [4.69, 9.17) is 24.7 Å². The van der Waals surface area contributed by atoms with Crippen LogP contribution >= 0.6 is 0 Å². The third-order valence-electron chi connectivity index (χ3n) is 7.85. The van der Waals surface area contributed by atoms with Crippen LogP contribution in [0.15, 0.2) is 24.3 Å². The topological polar surface area (TPSA) is 97.4 Å². The van der Waals surface area contributed by atoms with Crippen molar-refractivity contribution in [2.24, 2.45) is 13.0 Å². The minimum Gasteiger partial charge on any atom is -0.390 e. The van der Waals surface area contributed by atoms with Gasteiger partial charge in [-0.2, -0.15) is 9.97 Å². The summed E-state index contributed by atoms with van der Waals surface area (Å²) in [6, 6.07) is 8.15. The van der Waals surface area contributed by atoms with E-state index in [-0.39, 0.29) is 0 Å². The summed E-state index contributed by atoms with van der Waals surface area (Å²) in [5.41, 5.74) is 3.00. The number of imidazole rings is 2. The first-order chi connectivity index (χ1) is 17.8. The number of aromatic nitrogens is 6. The molecule has 0 saturated carbocycles. The summed E-state index contributed by atoms with van der Waals surface area (Å²) in [6.45, 7) is 11.5. The van der Waals surface area contributed by atoms with E-state index in [2.05, 4.69) is 31.9 Å². The Morgan fingerprint density at radius 1 is 1.03 bits per heavy atom. The van der Waals surface area contributed by atoms with Crippen LogP contribution in [0.5, 0.6) is 0 Å². The summed E-state index contributed by atoms with van der Waals surface area (Å²) in [5.74, 6) is 3.75. The molecule has 2 fully saturated rings. The van der Waals surface area contributed by atoms with E-state index in [1.807, 2.05) is 39.1 Å². The number of morpholine rings is 1. The Hall–Kier alpha value is -3.08. The minimum absolute atomic E-state index is 0.326. The fourth-order valence-electron chi connectivity index (χ4n) is 5.39. The Morgan fingerprint density at radius 2 is 1.78 bits per heavy atom. The van der Waals surface area contributed by atoms with Crippen LogP contribution < -0.4 is 4.90 Å². The lowest BCUT2D eigenvalue weighted by molar-refractivity contribution is -0.0613.